The summed E-state index contributed by atoms with van der Waals surface area (Å²) >= 11 is 0. The first-order valence-electron chi connectivity index (χ1n) is 4.30. The van der Waals surface area contributed by atoms with Crippen LogP contribution >= 0.6 is 0 Å². The molecule has 2 heteroatoms. The van der Waals surface area contributed by atoms with E-state index in [0.717, 1.165) is 5.69 Å². The molecule has 1 heterocycles. The Morgan fingerprint density at radius 3 is 2.50 bits per heavy atom. The lowest BCUT2D eigenvalue weighted by atomic mass is 10.2. The minimum atomic E-state index is 0.464. The number of rotatable bonds is 2. The Morgan fingerprint density at radius 2 is 2.00 bits per heavy atom. The maximum Gasteiger partial charge on any atom is 0.0606 e. The van der Waals surface area contributed by atoms with Gasteiger partial charge in [-0.25, -0.2) is 0 Å². The molecule has 2 nitrogen and oxygen atoms in total. The summed E-state index contributed by atoms with van der Waals surface area (Å²) in [6.45, 7) is 8.38. The Bertz CT molecular complexity index is 246. The van der Waals surface area contributed by atoms with Gasteiger partial charge in [-0.3, -0.25) is 4.98 Å². The molecule has 0 radical (unpaired) electrons. The first-order chi connectivity index (χ1) is 5.61. The molecule has 0 amide bonds. The zero-order chi connectivity index (χ0) is 9.14. The summed E-state index contributed by atoms with van der Waals surface area (Å²) in [4.78, 5) is 4.23. The summed E-state index contributed by atoms with van der Waals surface area (Å²) in [5, 5.41) is 3.38. The van der Waals surface area contributed by atoms with Gasteiger partial charge in [0.2, 0.25) is 0 Å². The number of pyridine rings is 1. The van der Waals surface area contributed by atoms with Crippen molar-refractivity contribution in [3.8, 4) is 0 Å². The van der Waals surface area contributed by atoms with Crippen molar-refractivity contribution in [1.29, 1.82) is 0 Å². The van der Waals surface area contributed by atoms with Crippen molar-refractivity contribution >= 4 is 5.69 Å². The van der Waals surface area contributed by atoms with Crippen LogP contribution in [0.3, 0.4) is 0 Å². The molecular weight excluding hydrogens is 148 g/mol. The highest BCUT2D eigenvalue weighted by Crippen LogP contribution is 2.17. The van der Waals surface area contributed by atoms with Crippen LogP contribution in [0.4, 0.5) is 5.69 Å². The van der Waals surface area contributed by atoms with Crippen molar-refractivity contribution in [2.45, 2.75) is 33.7 Å². The van der Waals surface area contributed by atoms with E-state index in [-0.39, 0.29) is 0 Å². The minimum absolute atomic E-state index is 0.464. The normalized spacial score (nSPS) is 10.4. The summed E-state index contributed by atoms with van der Waals surface area (Å²) < 4.78 is 0. The van der Waals surface area contributed by atoms with Crippen LogP contribution in [0.5, 0.6) is 0 Å². The average Bonchev–Trinajstić information content (AvgIpc) is 1.97. The van der Waals surface area contributed by atoms with Crippen LogP contribution in [-0.4, -0.2) is 11.0 Å². The van der Waals surface area contributed by atoms with Crippen molar-refractivity contribution < 1.29 is 0 Å². The Morgan fingerprint density at radius 1 is 1.33 bits per heavy atom. The van der Waals surface area contributed by atoms with E-state index in [2.05, 4.69) is 31.1 Å². The van der Waals surface area contributed by atoms with Gasteiger partial charge in [0.15, 0.2) is 0 Å². The Balaban J connectivity index is 2.96. The van der Waals surface area contributed by atoms with Gasteiger partial charge in [-0.1, -0.05) is 0 Å². The molecule has 1 N–H and O–H groups in total. The van der Waals surface area contributed by atoms with Gasteiger partial charge in [0.1, 0.15) is 0 Å². The molecule has 0 spiro atoms. The molecule has 0 fully saturated rings. The van der Waals surface area contributed by atoms with E-state index in [4.69, 9.17) is 0 Å². The third kappa shape index (κ3) is 1.97. The van der Waals surface area contributed by atoms with Gasteiger partial charge >= 0.3 is 0 Å². The van der Waals surface area contributed by atoms with E-state index in [1.165, 1.54) is 11.3 Å². The van der Waals surface area contributed by atoms with Gasteiger partial charge in [-0.15, -0.1) is 0 Å². The zero-order valence-corrected chi connectivity index (χ0v) is 8.18. The number of hydrogen-bond acceptors (Lipinski definition) is 2. The third-order valence-corrected chi connectivity index (χ3v) is 1.78. The second-order valence-corrected chi connectivity index (χ2v) is 3.39. The summed E-state index contributed by atoms with van der Waals surface area (Å²) in [6.07, 6.45) is 1.84. The maximum atomic E-state index is 4.23. The fraction of sp³-hybridized carbons (Fsp3) is 0.500. The predicted octanol–water partition coefficient (Wildman–Crippen LogP) is 2.52. The fourth-order valence-electron chi connectivity index (χ4n) is 1.20. The largest absolute Gasteiger partial charge is 0.381 e. The second-order valence-electron chi connectivity index (χ2n) is 3.39. The van der Waals surface area contributed by atoms with E-state index in [0.29, 0.717) is 6.04 Å². The molecule has 0 aromatic carbocycles. The Kier molecular flexibility index (Phi) is 2.69. The van der Waals surface area contributed by atoms with Crippen LogP contribution in [0, 0.1) is 13.8 Å². The highest BCUT2D eigenvalue weighted by molar-refractivity contribution is 5.53. The summed E-state index contributed by atoms with van der Waals surface area (Å²) in [5.74, 6) is 0. The lowest BCUT2D eigenvalue weighted by Gasteiger charge is -2.14. The Hall–Kier alpha value is -1.05. The minimum Gasteiger partial charge on any atom is -0.381 e. The second kappa shape index (κ2) is 3.57. The van der Waals surface area contributed by atoms with Crippen molar-refractivity contribution in [2.75, 3.05) is 5.32 Å². The number of aromatic nitrogens is 1. The molecule has 0 aliphatic carbocycles. The number of nitrogens with one attached hydrogen (secondary N) is 1. The van der Waals surface area contributed by atoms with E-state index in [1.807, 2.05) is 19.2 Å². The number of nitrogens with zero attached hydrogens (tertiary/aromatic N) is 1. The van der Waals surface area contributed by atoms with Crippen molar-refractivity contribution in [2.24, 2.45) is 0 Å². The van der Waals surface area contributed by atoms with E-state index in [1.54, 1.807) is 0 Å². The van der Waals surface area contributed by atoms with Crippen molar-refractivity contribution in [1.82, 2.24) is 4.98 Å². The zero-order valence-electron chi connectivity index (χ0n) is 8.18. The van der Waals surface area contributed by atoms with E-state index in [9.17, 15) is 0 Å². The summed E-state index contributed by atoms with van der Waals surface area (Å²) in [5.41, 5.74) is 3.51. The highest BCUT2D eigenvalue weighted by Gasteiger charge is 2.02. The molecule has 0 unspecified atom stereocenters. The van der Waals surface area contributed by atoms with Gasteiger partial charge in [-0.05, 0) is 39.3 Å². The van der Waals surface area contributed by atoms with Crippen LogP contribution in [0.25, 0.3) is 0 Å². The first-order valence-corrected chi connectivity index (χ1v) is 4.30. The molecule has 0 saturated heterocycles. The van der Waals surface area contributed by atoms with Crippen LogP contribution in [0.2, 0.25) is 0 Å². The van der Waals surface area contributed by atoms with E-state index >= 15 is 0 Å². The molecule has 1 aromatic heterocycles. The monoisotopic (exact) mass is 164 g/mol. The molecule has 0 atom stereocenters. The molecular formula is C10H16N2. The quantitative estimate of drug-likeness (QED) is 0.726. The highest BCUT2D eigenvalue weighted by atomic mass is 14.9. The van der Waals surface area contributed by atoms with Gasteiger partial charge in [0, 0.05) is 12.2 Å². The van der Waals surface area contributed by atoms with Crippen LogP contribution in [-0.2, 0) is 0 Å². The van der Waals surface area contributed by atoms with Crippen LogP contribution in [0.15, 0.2) is 12.3 Å². The van der Waals surface area contributed by atoms with Gasteiger partial charge < -0.3 is 5.32 Å². The van der Waals surface area contributed by atoms with Crippen LogP contribution in [0.1, 0.15) is 25.1 Å². The molecule has 1 rings (SSSR count). The molecule has 0 aliphatic heterocycles. The van der Waals surface area contributed by atoms with Crippen molar-refractivity contribution in [3.05, 3.63) is 23.5 Å². The van der Waals surface area contributed by atoms with Gasteiger partial charge in [0.05, 0.1) is 11.4 Å². The number of hydrogen-bond donors (Lipinski definition) is 1. The lowest BCUT2D eigenvalue weighted by molar-refractivity contribution is 0.890. The summed E-state index contributed by atoms with van der Waals surface area (Å²) in [7, 11) is 0. The smallest absolute Gasteiger partial charge is 0.0606 e. The lowest BCUT2D eigenvalue weighted by Crippen LogP contribution is -2.12. The number of anilines is 1. The molecule has 0 saturated carbocycles. The first kappa shape index (κ1) is 9.04. The molecule has 66 valence electrons. The molecule has 0 aliphatic rings. The van der Waals surface area contributed by atoms with Gasteiger partial charge in [-0.2, -0.15) is 0 Å². The standard InChI is InChI=1S/C10H16N2/c1-7(2)12-10-8(3)5-6-11-9(10)4/h5-7,12H,1-4H3. The van der Waals surface area contributed by atoms with Crippen molar-refractivity contribution in [3.63, 3.8) is 0 Å². The topological polar surface area (TPSA) is 24.9 Å². The molecule has 12 heavy (non-hydrogen) atoms. The fourth-order valence-corrected chi connectivity index (χ4v) is 1.20. The maximum absolute atomic E-state index is 4.23. The number of aryl methyl sites for hydroxylation is 2. The van der Waals surface area contributed by atoms with Crippen LogP contribution < -0.4 is 5.32 Å². The summed E-state index contributed by atoms with van der Waals surface area (Å²) in [6, 6.07) is 2.49. The average molecular weight is 164 g/mol. The SMILES string of the molecule is Cc1ccnc(C)c1NC(C)C. The van der Waals surface area contributed by atoms with Gasteiger partial charge in [0.25, 0.3) is 0 Å². The van der Waals surface area contributed by atoms with E-state index < -0.39 is 0 Å². The third-order valence-electron chi connectivity index (χ3n) is 1.78. The Labute approximate surface area is 74.0 Å². The molecule has 0 bridgehead atoms. The molecule has 1 aromatic rings. The predicted molar refractivity (Wildman–Crippen MR) is 52.5 cm³/mol.